The van der Waals surface area contributed by atoms with Crippen molar-refractivity contribution >= 4 is 11.9 Å². The number of rotatable bonds is 7. The highest BCUT2D eigenvalue weighted by atomic mass is 16.4. The normalized spacial score (nSPS) is 13.6. The van der Waals surface area contributed by atoms with Gasteiger partial charge in [0.15, 0.2) is 0 Å². The van der Waals surface area contributed by atoms with Gasteiger partial charge in [-0.05, 0) is 23.5 Å². The molecule has 1 amide bonds. The van der Waals surface area contributed by atoms with Crippen molar-refractivity contribution in [2.24, 2.45) is 5.92 Å². The molecule has 0 aliphatic carbocycles. The van der Waals surface area contributed by atoms with Gasteiger partial charge >= 0.3 is 5.97 Å². The zero-order valence-corrected chi connectivity index (χ0v) is 12.3. The molecule has 0 saturated heterocycles. The molecular formula is C16H23NO3. The summed E-state index contributed by atoms with van der Waals surface area (Å²) in [5, 5.41) is 11.8. The highest BCUT2D eigenvalue weighted by Crippen LogP contribution is 2.10. The maximum Gasteiger partial charge on any atom is 0.326 e. The van der Waals surface area contributed by atoms with E-state index in [0.717, 1.165) is 12.0 Å². The third kappa shape index (κ3) is 4.68. The Morgan fingerprint density at radius 1 is 1.25 bits per heavy atom. The van der Waals surface area contributed by atoms with Gasteiger partial charge in [-0.1, -0.05) is 51.5 Å². The predicted molar refractivity (Wildman–Crippen MR) is 78.5 cm³/mol. The Kier molecular flexibility index (Phi) is 6.22. The molecule has 0 spiro atoms. The molecule has 1 aromatic carbocycles. The minimum Gasteiger partial charge on any atom is -0.480 e. The number of carboxylic acids is 1. The largest absolute Gasteiger partial charge is 0.480 e. The number of carbonyl (C=O) groups excluding carboxylic acids is 1. The zero-order valence-electron chi connectivity index (χ0n) is 12.3. The van der Waals surface area contributed by atoms with Crippen molar-refractivity contribution < 1.29 is 14.7 Å². The number of benzene rings is 1. The van der Waals surface area contributed by atoms with Crippen molar-refractivity contribution in [1.29, 1.82) is 0 Å². The van der Waals surface area contributed by atoms with Gasteiger partial charge in [0.25, 0.3) is 0 Å². The summed E-state index contributed by atoms with van der Waals surface area (Å²) in [7, 11) is 0. The maximum absolute atomic E-state index is 12.0. The number of aliphatic carboxylic acids is 1. The zero-order chi connectivity index (χ0) is 15.1. The van der Waals surface area contributed by atoms with Gasteiger partial charge in [-0.25, -0.2) is 4.79 Å². The molecule has 1 rings (SSSR count). The quantitative estimate of drug-likeness (QED) is 0.804. The average Bonchev–Trinajstić information content (AvgIpc) is 2.43. The molecule has 0 heterocycles. The van der Waals surface area contributed by atoms with Crippen molar-refractivity contribution in [3.8, 4) is 0 Å². The molecule has 2 atom stereocenters. The van der Waals surface area contributed by atoms with E-state index in [2.05, 4.69) is 12.2 Å². The SMILES string of the molecule is CCc1cccc(CC(=O)NC(C(=O)O)C(C)CC)c1. The molecule has 20 heavy (non-hydrogen) atoms. The van der Waals surface area contributed by atoms with Crippen LogP contribution in [0.25, 0.3) is 0 Å². The molecule has 0 aliphatic rings. The fourth-order valence-electron chi connectivity index (χ4n) is 2.05. The van der Waals surface area contributed by atoms with Crippen LogP contribution in [0.1, 0.15) is 38.3 Å². The highest BCUT2D eigenvalue weighted by molar-refractivity contribution is 5.85. The van der Waals surface area contributed by atoms with Crippen LogP contribution in [-0.2, 0) is 22.4 Å². The second-order valence-electron chi connectivity index (χ2n) is 5.12. The molecule has 2 unspecified atom stereocenters. The van der Waals surface area contributed by atoms with Gasteiger partial charge in [-0.2, -0.15) is 0 Å². The third-order valence-corrected chi connectivity index (χ3v) is 3.56. The Balaban J connectivity index is 2.68. The maximum atomic E-state index is 12.0. The first-order valence-electron chi connectivity index (χ1n) is 7.07. The van der Waals surface area contributed by atoms with E-state index in [-0.39, 0.29) is 18.2 Å². The summed E-state index contributed by atoms with van der Waals surface area (Å²) in [4.78, 5) is 23.1. The average molecular weight is 277 g/mol. The second-order valence-corrected chi connectivity index (χ2v) is 5.12. The topological polar surface area (TPSA) is 66.4 Å². The van der Waals surface area contributed by atoms with E-state index in [1.54, 1.807) is 0 Å². The van der Waals surface area contributed by atoms with Crippen LogP contribution >= 0.6 is 0 Å². The van der Waals surface area contributed by atoms with Crippen LogP contribution in [0.15, 0.2) is 24.3 Å². The van der Waals surface area contributed by atoms with Crippen LogP contribution < -0.4 is 5.32 Å². The van der Waals surface area contributed by atoms with Crippen LogP contribution in [0.4, 0.5) is 0 Å². The van der Waals surface area contributed by atoms with Gasteiger partial charge < -0.3 is 10.4 Å². The Hall–Kier alpha value is -1.84. The van der Waals surface area contributed by atoms with E-state index in [1.807, 2.05) is 38.1 Å². The molecule has 0 aliphatic heterocycles. The summed E-state index contributed by atoms with van der Waals surface area (Å²) in [6.45, 7) is 5.80. The molecule has 4 nitrogen and oxygen atoms in total. The Bertz CT molecular complexity index is 471. The van der Waals surface area contributed by atoms with Crippen LogP contribution in [0.2, 0.25) is 0 Å². The summed E-state index contributed by atoms with van der Waals surface area (Å²) in [6, 6.07) is 6.99. The lowest BCUT2D eigenvalue weighted by Gasteiger charge is -2.20. The minimum absolute atomic E-state index is 0.0848. The molecule has 0 saturated carbocycles. The summed E-state index contributed by atoms with van der Waals surface area (Å²) in [5.41, 5.74) is 2.09. The first kappa shape index (κ1) is 16.2. The molecule has 0 aromatic heterocycles. The minimum atomic E-state index is -0.977. The van der Waals surface area contributed by atoms with Crippen LogP contribution in [-0.4, -0.2) is 23.0 Å². The fourth-order valence-corrected chi connectivity index (χ4v) is 2.05. The number of nitrogens with one attached hydrogen (secondary N) is 1. The van der Waals surface area contributed by atoms with E-state index in [9.17, 15) is 9.59 Å². The summed E-state index contributed by atoms with van der Waals surface area (Å²) in [5.74, 6) is -1.31. The lowest BCUT2D eigenvalue weighted by Crippen LogP contribution is -2.45. The monoisotopic (exact) mass is 277 g/mol. The van der Waals surface area contributed by atoms with Crippen molar-refractivity contribution in [1.82, 2.24) is 5.32 Å². The molecule has 110 valence electrons. The second kappa shape index (κ2) is 7.68. The van der Waals surface area contributed by atoms with E-state index in [4.69, 9.17) is 5.11 Å². The predicted octanol–water partition coefficient (Wildman–Crippen LogP) is 2.41. The Morgan fingerprint density at radius 3 is 2.45 bits per heavy atom. The number of aryl methyl sites for hydroxylation is 1. The van der Waals surface area contributed by atoms with Crippen molar-refractivity contribution in [2.45, 2.75) is 46.1 Å². The standard InChI is InChI=1S/C16H23NO3/c1-4-11(3)15(16(19)20)17-14(18)10-13-8-6-7-12(5-2)9-13/h6-9,11,15H,4-5,10H2,1-3H3,(H,17,18)(H,19,20). The number of hydrogen-bond acceptors (Lipinski definition) is 2. The Labute approximate surface area is 120 Å². The molecule has 0 fully saturated rings. The molecule has 2 N–H and O–H groups in total. The van der Waals surface area contributed by atoms with E-state index in [0.29, 0.717) is 6.42 Å². The summed E-state index contributed by atoms with van der Waals surface area (Å²) >= 11 is 0. The van der Waals surface area contributed by atoms with Crippen LogP contribution in [0.5, 0.6) is 0 Å². The number of amides is 1. The van der Waals surface area contributed by atoms with Crippen molar-refractivity contribution in [2.75, 3.05) is 0 Å². The lowest BCUT2D eigenvalue weighted by atomic mass is 9.98. The van der Waals surface area contributed by atoms with Gasteiger partial charge in [0, 0.05) is 0 Å². The highest BCUT2D eigenvalue weighted by Gasteiger charge is 2.25. The third-order valence-electron chi connectivity index (χ3n) is 3.56. The van der Waals surface area contributed by atoms with Gasteiger partial charge in [0.05, 0.1) is 6.42 Å². The van der Waals surface area contributed by atoms with E-state index < -0.39 is 12.0 Å². The number of hydrogen-bond donors (Lipinski definition) is 2. The first-order chi connectivity index (χ1) is 9.47. The summed E-state index contributed by atoms with van der Waals surface area (Å²) in [6.07, 6.45) is 1.84. The van der Waals surface area contributed by atoms with Crippen molar-refractivity contribution in [3.63, 3.8) is 0 Å². The van der Waals surface area contributed by atoms with E-state index >= 15 is 0 Å². The van der Waals surface area contributed by atoms with Crippen LogP contribution in [0.3, 0.4) is 0 Å². The van der Waals surface area contributed by atoms with Gasteiger partial charge in [-0.3, -0.25) is 4.79 Å². The molecule has 0 radical (unpaired) electrons. The molecule has 4 heteroatoms. The van der Waals surface area contributed by atoms with Gasteiger partial charge in [-0.15, -0.1) is 0 Å². The fraction of sp³-hybridized carbons (Fsp3) is 0.500. The van der Waals surface area contributed by atoms with Crippen LogP contribution in [0, 0.1) is 5.92 Å². The number of carbonyl (C=O) groups is 2. The van der Waals surface area contributed by atoms with Gasteiger partial charge in [0.1, 0.15) is 6.04 Å². The molecular weight excluding hydrogens is 254 g/mol. The van der Waals surface area contributed by atoms with Crippen molar-refractivity contribution in [3.05, 3.63) is 35.4 Å². The molecule has 0 bridgehead atoms. The summed E-state index contributed by atoms with van der Waals surface area (Å²) < 4.78 is 0. The van der Waals surface area contributed by atoms with Gasteiger partial charge in [0.2, 0.25) is 5.91 Å². The molecule has 1 aromatic rings. The Morgan fingerprint density at radius 2 is 1.90 bits per heavy atom. The van der Waals surface area contributed by atoms with E-state index in [1.165, 1.54) is 5.56 Å². The smallest absolute Gasteiger partial charge is 0.326 e. The first-order valence-corrected chi connectivity index (χ1v) is 7.07. The lowest BCUT2D eigenvalue weighted by molar-refractivity contribution is -0.143. The number of carboxylic acid groups (broad SMARTS) is 1.